The molecule has 1 fully saturated rings. The van der Waals surface area contributed by atoms with Gasteiger partial charge in [-0.15, -0.1) is 5.10 Å². The van der Waals surface area contributed by atoms with Gasteiger partial charge in [-0.25, -0.2) is 0 Å². The summed E-state index contributed by atoms with van der Waals surface area (Å²) in [6.45, 7) is 3.15. The third kappa shape index (κ3) is 3.01. The van der Waals surface area contributed by atoms with Gasteiger partial charge in [0.1, 0.15) is 0 Å². The maximum atomic E-state index is 12.3. The van der Waals surface area contributed by atoms with Gasteiger partial charge in [0.15, 0.2) is 17.1 Å². The number of amides is 1. The fourth-order valence-electron chi connectivity index (χ4n) is 2.64. The lowest BCUT2D eigenvalue weighted by Crippen LogP contribution is -2.47. The molecule has 118 valence electrons. The number of nitrogens with one attached hydrogen (secondary N) is 1. The maximum absolute atomic E-state index is 12.3. The molecule has 0 aromatic carbocycles. The first-order valence-electron chi connectivity index (χ1n) is 7.37. The van der Waals surface area contributed by atoms with E-state index in [-0.39, 0.29) is 17.6 Å². The van der Waals surface area contributed by atoms with Gasteiger partial charge in [0, 0.05) is 31.7 Å². The molecule has 2 aromatic rings. The lowest BCUT2D eigenvalue weighted by molar-refractivity contribution is 0.0887. The highest BCUT2D eigenvalue weighted by Gasteiger charge is 2.25. The molecule has 0 bridgehead atoms. The average Bonchev–Trinajstić information content (AvgIpc) is 3.11. The van der Waals surface area contributed by atoms with Gasteiger partial charge in [-0.05, 0) is 26.8 Å². The Morgan fingerprint density at radius 1 is 1.45 bits per heavy atom. The van der Waals surface area contributed by atoms with Crippen LogP contribution in [-0.2, 0) is 7.05 Å². The quantitative estimate of drug-likeness (QED) is 0.897. The first-order valence-corrected chi connectivity index (χ1v) is 7.37. The summed E-state index contributed by atoms with van der Waals surface area (Å²) in [7, 11) is 3.87. The Labute approximate surface area is 128 Å². The third-order valence-corrected chi connectivity index (χ3v) is 4.14. The smallest absolute Gasteiger partial charge is 0.273 e. The number of aromatic nitrogens is 4. The predicted octanol–water partition coefficient (Wildman–Crippen LogP) is 0.683. The van der Waals surface area contributed by atoms with Crippen molar-refractivity contribution >= 4 is 5.91 Å². The highest BCUT2D eigenvalue weighted by molar-refractivity contribution is 5.93. The van der Waals surface area contributed by atoms with Gasteiger partial charge in [-0.2, -0.15) is 0 Å². The van der Waals surface area contributed by atoms with Crippen LogP contribution in [0.15, 0.2) is 16.8 Å². The molecule has 8 nitrogen and oxygen atoms in total. The summed E-state index contributed by atoms with van der Waals surface area (Å²) in [6, 6.07) is 2.24. The number of piperidine rings is 1. The van der Waals surface area contributed by atoms with Crippen LogP contribution >= 0.6 is 0 Å². The zero-order chi connectivity index (χ0) is 15.7. The summed E-state index contributed by atoms with van der Waals surface area (Å²) < 4.78 is 6.74. The lowest BCUT2D eigenvalue weighted by Gasteiger charge is -2.35. The molecule has 0 aliphatic carbocycles. The van der Waals surface area contributed by atoms with Gasteiger partial charge in [0.2, 0.25) is 0 Å². The summed E-state index contributed by atoms with van der Waals surface area (Å²) in [4.78, 5) is 14.6. The molecular weight excluding hydrogens is 284 g/mol. The monoisotopic (exact) mass is 304 g/mol. The maximum Gasteiger partial charge on any atom is 0.273 e. The van der Waals surface area contributed by atoms with E-state index in [0.29, 0.717) is 17.5 Å². The van der Waals surface area contributed by atoms with Crippen LogP contribution in [0.4, 0.5) is 0 Å². The minimum absolute atomic E-state index is 0.176. The van der Waals surface area contributed by atoms with Crippen LogP contribution in [0.2, 0.25) is 0 Å². The minimum Gasteiger partial charge on any atom is -0.354 e. The minimum atomic E-state index is -0.208. The van der Waals surface area contributed by atoms with E-state index in [4.69, 9.17) is 4.52 Å². The Morgan fingerprint density at radius 3 is 2.95 bits per heavy atom. The normalized spacial score (nSPS) is 22.7. The van der Waals surface area contributed by atoms with E-state index >= 15 is 0 Å². The summed E-state index contributed by atoms with van der Waals surface area (Å²) >= 11 is 0. The molecule has 1 N–H and O–H groups in total. The second kappa shape index (κ2) is 5.88. The number of nitrogens with zero attached hydrogens (tertiary/aromatic N) is 5. The second-order valence-electron chi connectivity index (χ2n) is 5.88. The molecule has 3 rings (SSSR count). The Balaban J connectivity index is 1.65. The Hall–Kier alpha value is -2.22. The molecule has 1 amide bonds. The molecule has 0 saturated carbocycles. The Kier molecular flexibility index (Phi) is 3.93. The summed E-state index contributed by atoms with van der Waals surface area (Å²) in [6.07, 6.45) is 3.60. The lowest BCUT2D eigenvalue weighted by atomic mass is 9.99. The van der Waals surface area contributed by atoms with Gasteiger partial charge in [0.05, 0.1) is 6.20 Å². The molecule has 1 saturated heterocycles. The van der Waals surface area contributed by atoms with Gasteiger partial charge < -0.3 is 14.7 Å². The van der Waals surface area contributed by atoms with E-state index in [9.17, 15) is 4.79 Å². The van der Waals surface area contributed by atoms with Crippen LogP contribution in [0, 0.1) is 0 Å². The summed E-state index contributed by atoms with van der Waals surface area (Å²) in [5.41, 5.74) is 0.828. The Bertz CT molecular complexity index is 664. The molecule has 2 atom stereocenters. The van der Waals surface area contributed by atoms with Crippen LogP contribution in [0.1, 0.15) is 30.3 Å². The zero-order valence-electron chi connectivity index (χ0n) is 13.0. The fourth-order valence-corrected chi connectivity index (χ4v) is 2.64. The van der Waals surface area contributed by atoms with Crippen molar-refractivity contribution in [2.45, 2.75) is 31.8 Å². The number of carbonyl (C=O) groups excluding carboxylic acids is 1. The van der Waals surface area contributed by atoms with Crippen molar-refractivity contribution in [2.75, 3.05) is 13.6 Å². The summed E-state index contributed by atoms with van der Waals surface area (Å²) in [5.74, 6) is 0.232. The first kappa shape index (κ1) is 14.7. The number of carbonyl (C=O) groups is 1. The molecule has 0 spiro atoms. The molecule has 0 radical (unpaired) electrons. The average molecular weight is 304 g/mol. The van der Waals surface area contributed by atoms with E-state index in [1.165, 1.54) is 0 Å². The van der Waals surface area contributed by atoms with Crippen LogP contribution in [0.5, 0.6) is 0 Å². The highest BCUT2D eigenvalue weighted by Crippen LogP contribution is 2.18. The molecule has 2 unspecified atom stereocenters. The number of likely N-dealkylation sites (tertiary alicyclic amines) is 1. The van der Waals surface area contributed by atoms with Gasteiger partial charge in [-0.1, -0.05) is 10.4 Å². The largest absolute Gasteiger partial charge is 0.354 e. The van der Waals surface area contributed by atoms with E-state index < -0.39 is 0 Å². The fraction of sp³-hybridized carbons (Fsp3) is 0.571. The van der Waals surface area contributed by atoms with Gasteiger partial charge >= 0.3 is 0 Å². The molecule has 1 aliphatic rings. The number of rotatable bonds is 3. The second-order valence-corrected chi connectivity index (χ2v) is 5.88. The highest BCUT2D eigenvalue weighted by atomic mass is 16.5. The predicted molar refractivity (Wildman–Crippen MR) is 79.1 cm³/mol. The number of aryl methyl sites for hydroxylation is 1. The molecule has 3 heterocycles. The van der Waals surface area contributed by atoms with Crippen LogP contribution in [0.25, 0.3) is 11.5 Å². The number of hydrogen-bond donors (Lipinski definition) is 1. The Morgan fingerprint density at radius 2 is 2.27 bits per heavy atom. The van der Waals surface area contributed by atoms with Gasteiger partial charge in [-0.3, -0.25) is 9.48 Å². The van der Waals surface area contributed by atoms with E-state index in [0.717, 1.165) is 19.4 Å². The van der Waals surface area contributed by atoms with Crippen molar-refractivity contribution < 1.29 is 9.32 Å². The van der Waals surface area contributed by atoms with Crippen molar-refractivity contribution in [1.82, 2.24) is 30.4 Å². The van der Waals surface area contributed by atoms with E-state index in [2.05, 4.69) is 39.7 Å². The van der Waals surface area contributed by atoms with E-state index in [1.807, 2.05) is 0 Å². The van der Waals surface area contributed by atoms with Crippen molar-refractivity contribution in [3.05, 3.63) is 18.0 Å². The molecule has 1 aliphatic heterocycles. The van der Waals surface area contributed by atoms with Crippen LogP contribution < -0.4 is 5.32 Å². The summed E-state index contributed by atoms with van der Waals surface area (Å²) in [5, 5.41) is 14.6. The van der Waals surface area contributed by atoms with Crippen LogP contribution in [-0.4, -0.2) is 56.6 Å². The van der Waals surface area contributed by atoms with Crippen molar-refractivity contribution in [1.29, 1.82) is 0 Å². The standard InChI is InChI=1S/C14H20N6O2/c1-9-6-10(4-5-19(9)2)15-14(21)11-7-13(22-17-11)12-8-20(3)18-16-12/h7-10H,4-6H2,1-3H3,(H,15,21). The van der Waals surface area contributed by atoms with E-state index in [1.54, 1.807) is 24.0 Å². The van der Waals surface area contributed by atoms with Crippen LogP contribution in [0.3, 0.4) is 0 Å². The van der Waals surface area contributed by atoms with Crippen molar-refractivity contribution in [2.24, 2.45) is 7.05 Å². The number of hydrogen-bond acceptors (Lipinski definition) is 6. The molecule has 22 heavy (non-hydrogen) atoms. The SMILES string of the molecule is CC1CC(NC(=O)c2cc(-c3cn(C)nn3)on2)CCN1C. The molecule has 8 heteroatoms. The van der Waals surface area contributed by atoms with Crippen molar-refractivity contribution in [3.8, 4) is 11.5 Å². The molecule has 2 aromatic heterocycles. The third-order valence-electron chi connectivity index (χ3n) is 4.14. The first-order chi connectivity index (χ1) is 10.5. The topological polar surface area (TPSA) is 89.1 Å². The zero-order valence-corrected chi connectivity index (χ0v) is 13.0. The molecular formula is C14H20N6O2. The van der Waals surface area contributed by atoms with Gasteiger partial charge in [0.25, 0.3) is 5.91 Å². The van der Waals surface area contributed by atoms with Crippen molar-refractivity contribution in [3.63, 3.8) is 0 Å².